The Kier molecular flexibility index (Phi) is 3.16. The molecule has 0 amide bonds. The van der Waals surface area contributed by atoms with E-state index < -0.39 is 18.1 Å². The van der Waals surface area contributed by atoms with Crippen molar-refractivity contribution in [1.82, 2.24) is 10.2 Å². The predicted octanol–water partition coefficient (Wildman–Crippen LogP) is 2.67. The summed E-state index contributed by atoms with van der Waals surface area (Å²) in [5.41, 5.74) is -0.319. The molecule has 0 aliphatic carbocycles. The van der Waals surface area contributed by atoms with Gasteiger partial charge in [-0.05, 0) is 12.1 Å². The summed E-state index contributed by atoms with van der Waals surface area (Å²) in [4.78, 5) is 10.9. The first-order valence-corrected chi connectivity index (χ1v) is 5.00. The smallest absolute Gasteiger partial charge is 0.478 e. The summed E-state index contributed by atoms with van der Waals surface area (Å²) < 4.78 is 40.6. The number of rotatable bonds is 3. The van der Waals surface area contributed by atoms with Crippen molar-refractivity contribution in [2.24, 2.45) is 0 Å². The van der Waals surface area contributed by atoms with Gasteiger partial charge in [0.1, 0.15) is 11.3 Å². The van der Waals surface area contributed by atoms with E-state index in [0.29, 0.717) is 0 Å². The second-order valence-corrected chi connectivity index (χ2v) is 3.51. The van der Waals surface area contributed by atoms with Crippen LogP contribution in [0.4, 0.5) is 13.2 Å². The fourth-order valence-corrected chi connectivity index (χ4v) is 1.54. The van der Waals surface area contributed by atoms with Gasteiger partial charge in [0.25, 0.3) is 0 Å². The van der Waals surface area contributed by atoms with E-state index in [1.807, 2.05) is 0 Å². The minimum Gasteiger partial charge on any atom is -0.478 e. The number of aromatic carboxylic acids is 1. The number of nitrogens with one attached hydrogen (secondary N) is 1. The number of aromatic nitrogens is 2. The van der Waals surface area contributed by atoms with Crippen LogP contribution in [0, 0.1) is 0 Å². The molecule has 0 spiro atoms. The molecule has 0 aliphatic heterocycles. The van der Waals surface area contributed by atoms with Gasteiger partial charge >= 0.3 is 12.3 Å². The summed E-state index contributed by atoms with van der Waals surface area (Å²) in [6, 6.07) is 5.21. The van der Waals surface area contributed by atoms with Crippen molar-refractivity contribution in [1.29, 1.82) is 0 Å². The van der Waals surface area contributed by atoms with Gasteiger partial charge in [0.05, 0.1) is 11.9 Å². The van der Waals surface area contributed by atoms with Crippen LogP contribution in [-0.4, -0.2) is 27.6 Å². The van der Waals surface area contributed by atoms with Crippen molar-refractivity contribution in [2.75, 3.05) is 0 Å². The quantitative estimate of drug-likeness (QED) is 0.900. The highest BCUT2D eigenvalue weighted by atomic mass is 19.4. The number of aromatic amines is 1. The monoisotopic (exact) mass is 272 g/mol. The lowest BCUT2D eigenvalue weighted by molar-refractivity contribution is -0.274. The van der Waals surface area contributed by atoms with Gasteiger partial charge in [-0.3, -0.25) is 5.10 Å². The summed E-state index contributed by atoms with van der Waals surface area (Å²) in [6.07, 6.45) is -3.85. The number of ether oxygens (including phenoxy) is 1. The molecular weight excluding hydrogens is 265 g/mol. The molecule has 1 heterocycles. The molecule has 0 saturated carbocycles. The summed E-state index contributed by atoms with van der Waals surface area (Å²) in [6.45, 7) is 0. The van der Waals surface area contributed by atoms with Crippen LogP contribution in [0.1, 0.15) is 10.4 Å². The molecule has 19 heavy (non-hydrogen) atoms. The normalized spacial score (nSPS) is 11.3. The lowest BCUT2D eigenvalue weighted by Gasteiger charge is -2.12. The molecule has 2 aromatic rings. The molecule has 0 fully saturated rings. The Morgan fingerprint density at radius 3 is 2.63 bits per heavy atom. The predicted molar refractivity (Wildman–Crippen MR) is 57.7 cm³/mol. The number of carboxylic acids is 1. The zero-order valence-electron chi connectivity index (χ0n) is 9.23. The van der Waals surface area contributed by atoms with Gasteiger partial charge in [0, 0.05) is 5.56 Å². The lowest BCUT2D eigenvalue weighted by Crippen LogP contribution is -2.17. The Hall–Kier alpha value is -2.51. The zero-order valence-corrected chi connectivity index (χ0v) is 9.23. The molecule has 0 unspecified atom stereocenters. The second-order valence-electron chi connectivity index (χ2n) is 3.51. The fraction of sp³-hybridized carbons (Fsp3) is 0.0909. The first-order valence-electron chi connectivity index (χ1n) is 5.00. The minimum absolute atomic E-state index is 0.0327. The second kappa shape index (κ2) is 4.63. The van der Waals surface area contributed by atoms with Crippen LogP contribution in [0.15, 0.2) is 30.5 Å². The molecule has 0 radical (unpaired) electrons. The number of hydrogen-bond donors (Lipinski definition) is 2. The van der Waals surface area contributed by atoms with E-state index in [1.165, 1.54) is 18.2 Å². The van der Waals surface area contributed by atoms with Crippen LogP contribution in [0.2, 0.25) is 0 Å². The molecule has 0 bridgehead atoms. The Labute approximate surface area is 104 Å². The number of H-pyrrole nitrogens is 1. The van der Waals surface area contributed by atoms with E-state index in [2.05, 4.69) is 14.9 Å². The molecule has 8 heteroatoms. The van der Waals surface area contributed by atoms with Crippen molar-refractivity contribution in [3.8, 4) is 17.0 Å². The van der Waals surface area contributed by atoms with Crippen molar-refractivity contribution in [2.45, 2.75) is 6.36 Å². The Morgan fingerprint density at radius 1 is 1.32 bits per heavy atom. The molecule has 0 saturated heterocycles. The average molecular weight is 272 g/mol. The third-order valence-corrected chi connectivity index (χ3v) is 2.25. The number of carbonyl (C=O) groups is 1. The van der Waals surface area contributed by atoms with Crippen LogP contribution in [0.25, 0.3) is 11.3 Å². The van der Waals surface area contributed by atoms with Crippen LogP contribution >= 0.6 is 0 Å². The molecule has 100 valence electrons. The molecule has 0 aliphatic rings. The van der Waals surface area contributed by atoms with E-state index >= 15 is 0 Å². The van der Waals surface area contributed by atoms with E-state index in [1.54, 1.807) is 0 Å². The number of hydrogen-bond acceptors (Lipinski definition) is 3. The van der Waals surface area contributed by atoms with Gasteiger partial charge in [-0.1, -0.05) is 12.1 Å². The molecule has 5 nitrogen and oxygen atoms in total. The van der Waals surface area contributed by atoms with Gasteiger partial charge in [0.2, 0.25) is 0 Å². The first-order chi connectivity index (χ1) is 8.88. The van der Waals surface area contributed by atoms with Crippen molar-refractivity contribution < 1.29 is 27.8 Å². The summed E-state index contributed by atoms with van der Waals surface area (Å²) in [5.74, 6) is -1.80. The van der Waals surface area contributed by atoms with E-state index in [4.69, 9.17) is 5.11 Å². The van der Waals surface area contributed by atoms with Crippen molar-refractivity contribution >= 4 is 5.97 Å². The Bertz CT molecular complexity index is 607. The van der Waals surface area contributed by atoms with Crippen molar-refractivity contribution in [3.05, 3.63) is 36.0 Å². The SMILES string of the molecule is O=C(O)c1cn[nH]c1-c1ccccc1OC(F)(F)F. The molecule has 1 aromatic heterocycles. The van der Waals surface area contributed by atoms with Crippen LogP contribution in [-0.2, 0) is 0 Å². The summed E-state index contributed by atoms with van der Waals surface area (Å²) in [7, 11) is 0. The Balaban J connectivity index is 2.50. The minimum atomic E-state index is -4.86. The topological polar surface area (TPSA) is 75.2 Å². The first kappa shape index (κ1) is 12.9. The van der Waals surface area contributed by atoms with Crippen LogP contribution in [0.5, 0.6) is 5.75 Å². The van der Waals surface area contributed by atoms with Gasteiger partial charge in [-0.15, -0.1) is 13.2 Å². The number of nitrogens with zero attached hydrogens (tertiary/aromatic N) is 1. The molecule has 2 rings (SSSR count). The van der Waals surface area contributed by atoms with Crippen molar-refractivity contribution in [3.63, 3.8) is 0 Å². The maximum atomic E-state index is 12.3. The molecular formula is C11H7F3N2O3. The maximum Gasteiger partial charge on any atom is 0.573 e. The van der Waals surface area contributed by atoms with Gasteiger partial charge in [0.15, 0.2) is 0 Å². The number of para-hydroxylation sites is 1. The third kappa shape index (κ3) is 2.84. The maximum absolute atomic E-state index is 12.3. The Morgan fingerprint density at radius 2 is 2.00 bits per heavy atom. The van der Waals surface area contributed by atoms with E-state index in [-0.39, 0.29) is 16.8 Å². The van der Waals surface area contributed by atoms with Crippen LogP contribution < -0.4 is 4.74 Å². The van der Waals surface area contributed by atoms with E-state index in [0.717, 1.165) is 12.3 Å². The number of carboxylic acid groups (broad SMARTS) is 1. The standard InChI is InChI=1S/C11H7F3N2O3/c12-11(13,14)19-8-4-2-1-3-6(8)9-7(10(17)18)5-15-16-9/h1-5H,(H,15,16)(H,17,18). The largest absolute Gasteiger partial charge is 0.573 e. The average Bonchev–Trinajstić information content (AvgIpc) is 2.76. The highest BCUT2D eigenvalue weighted by molar-refractivity contribution is 5.95. The zero-order chi connectivity index (χ0) is 14.0. The summed E-state index contributed by atoms with van der Waals surface area (Å²) >= 11 is 0. The summed E-state index contributed by atoms with van der Waals surface area (Å²) in [5, 5.41) is 14.8. The molecule has 1 aromatic carbocycles. The highest BCUT2D eigenvalue weighted by Gasteiger charge is 2.32. The highest BCUT2D eigenvalue weighted by Crippen LogP contribution is 2.34. The lowest BCUT2D eigenvalue weighted by atomic mass is 10.1. The number of alkyl halides is 3. The fourth-order valence-electron chi connectivity index (χ4n) is 1.54. The van der Waals surface area contributed by atoms with Crippen LogP contribution in [0.3, 0.4) is 0 Å². The molecule has 0 atom stereocenters. The van der Waals surface area contributed by atoms with Gasteiger partial charge in [-0.25, -0.2) is 4.79 Å². The van der Waals surface area contributed by atoms with Gasteiger partial charge in [-0.2, -0.15) is 5.10 Å². The van der Waals surface area contributed by atoms with E-state index in [9.17, 15) is 18.0 Å². The third-order valence-electron chi connectivity index (χ3n) is 2.25. The number of benzene rings is 1. The molecule has 2 N–H and O–H groups in total. The number of halogens is 3. The van der Waals surface area contributed by atoms with Gasteiger partial charge < -0.3 is 9.84 Å².